The maximum absolute atomic E-state index is 5.96. The summed E-state index contributed by atoms with van der Waals surface area (Å²) in [6.07, 6.45) is 1.81. The minimum absolute atomic E-state index is 0.762. The number of hydrogen-bond donors (Lipinski definition) is 1. The number of pyridine rings is 1. The summed E-state index contributed by atoms with van der Waals surface area (Å²) in [4.78, 5) is 4.47. The lowest BCUT2D eigenvalue weighted by atomic mass is 10.1. The van der Waals surface area contributed by atoms with Gasteiger partial charge in [0, 0.05) is 22.7 Å². The first kappa shape index (κ1) is 11.1. The average Bonchev–Trinajstić information content (AvgIpc) is 2.81. The predicted molar refractivity (Wildman–Crippen MR) is 83.0 cm³/mol. The largest absolute Gasteiger partial charge is 0.399 e. The second-order valence-electron chi connectivity index (χ2n) is 4.82. The van der Waals surface area contributed by atoms with E-state index in [0.717, 1.165) is 22.5 Å². The maximum atomic E-state index is 5.96. The number of benzene rings is 2. The Labute approximate surface area is 116 Å². The van der Waals surface area contributed by atoms with E-state index in [0.29, 0.717) is 0 Å². The summed E-state index contributed by atoms with van der Waals surface area (Å²) < 4.78 is 2.15. The lowest BCUT2D eigenvalue weighted by molar-refractivity contribution is 1.08. The Morgan fingerprint density at radius 2 is 1.60 bits per heavy atom. The SMILES string of the molecule is Nc1ccc2c3ccccc3n(-c3ccccn3)c2c1. The Bertz CT molecular complexity index is 907. The van der Waals surface area contributed by atoms with Gasteiger partial charge in [-0.1, -0.05) is 30.3 Å². The molecule has 0 amide bonds. The lowest BCUT2D eigenvalue weighted by Crippen LogP contribution is -1.96. The molecule has 0 radical (unpaired) electrons. The third kappa shape index (κ3) is 1.50. The van der Waals surface area contributed by atoms with Gasteiger partial charge in [-0.25, -0.2) is 4.98 Å². The smallest absolute Gasteiger partial charge is 0.137 e. The zero-order valence-corrected chi connectivity index (χ0v) is 10.8. The first-order valence-corrected chi connectivity index (χ1v) is 6.55. The van der Waals surface area contributed by atoms with Crippen molar-refractivity contribution in [3.8, 4) is 5.82 Å². The van der Waals surface area contributed by atoms with Gasteiger partial charge >= 0.3 is 0 Å². The molecule has 96 valence electrons. The highest BCUT2D eigenvalue weighted by molar-refractivity contribution is 6.09. The monoisotopic (exact) mass is 259 g/mol. The Balaban J connectivity index is 2.23. The van der Waals surface area contributed by atoms with Gasteiger partial charge in [0.15, 0.2) is 0 Å². The van der Waals surface area contributed by atoms with E-state index in [2.05, 4.69) is 33.8 Å². The van der Waals surface area contributed by atoms with E-state index in [1.807, 2.05) is 42.6 Å². The highest BCUT2D eigenvalue weighted by Crippen LogP contribution is 2.32. The zero-order valence-electron chi connectivity index (χ0n) is 10.8. The number of nitrogens with zero attached hydrogens (tertiary/aromatic N) is 2. The predicted octanol–water partition coefficient (Wildman–Crippen LogP) is 3.76. The van der Waals surface area contributed by atoms with E-state index < -0.39 is 0 Å². The van der Waals surface area contributed by atoms with Crippen LogP contribution in [-0.4, -0.2) is 9.55 Å². The van der Waals surface area contributed by atoms with E-state index in [-0.39, 0.29) is 0 Å². The number of fused-ring (bicyclic) bond motifs is 3. The van der Waals surface area contributed by atoms with Crippen molar-refractivity contribution in [2.24, 2.45) is 0 Å². The molecule has 3 heteroatoms. The molecule has 2 N–H and O–H groups in total. The van der Waals surface area contributed by atoms with E-state index in [4.69, 9.17) is 5.73 Å². The molecule has 0 spiro atoms. The fraction of sp³-hybridized carbons (Fsp3) is 0. The van der Waals surface area contributed by atoms with E-state index in [1.54, 1.807) is 0 Å². The number of aromatic nitrogens is 2. The molecule has 4 rings (SSSR count). The van der Waals surface area contributed by atoms with Crippen molar-refractivity contribution in [1.29, 1.82) is 0 Å². The van der Waals surface area contributed by atoms with Gasteiger partial charge in [0.25, 0.3) is 0 Å². The summed E-state index contributed by atoms with van der Waals surface area (Å²) in [5.74, 6) is 0.907. The summed E-state index contributed by atoms with van der Waals surface area (Å²) in [6, 6.07) is 20.3. The van der Waals surface area contributed by atoms with Crippen LogP contribution in [0.1, 0.15) is 0 Å². The molecular formula is C17H13N3. The molecule has 2 aromatic heterocycles. The second kappa shape index (κ2) is 4.10. The standard InChI is InChI=1S/C17H13N3/c18-12-8-9-14-13-5-1-2-6-15(13)20(16(14)11-12)17-7-3-4-10-19-17/h1-11H,18H2. The number of nitrogens with two attached hydrogens (primary N) is 1. The molecule has 0 aliphatic carbocycles. The summed E-state index contributed by atoms with van der Waals surface area (Å²) in [6.45, 7) is 0. The van der Waals surface area contributed by atoms with Crippen molar-refractivity contribution in [2.75, 3.05) is 5.73 Å². The van der Waals surface area contributed by atoms with Gasteiger partial charge in [0.2, 0.25) is 0 Å². The van der Waals surface area contributed by atoms with Gasteiger partial charge in [0.1, 0.15) is 5.82 Å². The van der Waals surface area contributed by atoms with Crippen LogP contribution in [0.5, 0.6) is 0 Å². The average molecular weight is 259 g/mol. The summed E-state index contributed by atoms with van der Waals surface area (Å²) >= 11 is 0. The van der Waals surface area contributed by atoms with Crippen LogP contribution in [0.3, 0.4) is 0 Å². The van der Waals surface area contributed by atoms with Crippen molar-refractivity contribution in [1.82, 2.24) is 9.55 Å². The van der Waals surface area contributed by atoms with Gasteiger partial charge in [-0.2, -0.15) is 0 Å². The summed E-state index contributed by atoms with van der Waals surface area (Å²) in [5.41, 5.74) is 8.95. The van der Waals surface area contributed by atoms with Crippen LogP contribution in [0.15, 0.2) is 66.9 Å². The molecule has 3 nitrogen and oxygen atoms in total. The lowest BCUT2D eigenvalue weighted by Gasteiger charge is -2.06. The Morgan fingerprint density at radius 1 is 0.800 bits per heavy atom. The van der Waals surface area contributed by atoms with E-state index in [1.165, 1.54) is 10.8 Å². The summed E-state index contributed by atoms with van der Waals surface area (Å²) in [5, 5.41) is 2.41. The van der Waals surface area contributed by atoms with E-state index in [9.17, 15) is 0 Å². The van der Waals surface area contributed by atoms with Gasteiger partial charge in [-0.05, 0) is 30.3 Å². The molecule has 0 bridgehead atoms. The quantitative estimate of drug-likeness (QED) is 0.529. The highest BCUT2D eigenvalue weighted by atomic mass is 15.1. The van der Waals surface area contributed by atoms with Crippen molar-refractivity contribution in [3.05, 3.63) is 66.9 Å². The van der Waals surface area contributed by atoms with Crippen molar-refractivity contribution < 1.29 is 0 Å². The Hall–Kier alpha value is -2.81. The van der Waals surface area contributed by atoms with Crippen LogP contribution in [0.4, 0.5) is 5.69 Å². The van der Waals surface area contributed by atoms with Crippen LogP contribution in [-0.2, 0) is 0 Å². The van der Waals surface area contributed by atoms with Crippen LogP contribution >= 0.6 is 0 Å². The minimum atomic E-state index is 0.762. The van der Waals surface area contributed by atoms with Gasteiger partial charge in [0.05, 0.1) is 11.0 Å². The second-order valence-corrected chi connectivity index (χ2v) is 4.82. The molecule has 4 aromatic rings. The molecule has 0 unspecified atom stereocenters. The van der Waals surface area contributed by atoms with Crippen molar-refractivity contribution >= 4 is 27.5 Å². The van der Waals surface area contributed by atoms with Crippen LogP contribution < -0.4 is 5.73 Å². The molecule has 0 saturated carbocycles. The van der Waals surface area contributed by atoms with Gasteiger partial charge in [-0.3, -0.25) is 4.57 Å². The highest BCUT2D eigenvalue weighted by Gasteiger charge is 2.12. The molecule has 20 heavy (non-hydrogen) atoms. The Morgan fingerprint density at radius 3 is 2.45 bits per heavy atom. The molecule has 0 saturated heterocycles. The maximum Gasteiger partial charge on any atom is 0.137 e. The number of anilines is 1. The van der Waals surface area contributed by atoms with Crippen LogP contribution in [0.2, 0.25) is 0 Å². The normalized spacial score (nSPS) is 11.2. The molecule has 0 aliphatic rings. The molecule has 0 atom stereocenters. The third-order valence-corrected chi connectivity index (χ3v) is 3.58. The molecule has 2 heterocycles. The molecule has 2 aromatic carbocycles. The first-order chi connectivity index (χ1) is 9.84. The van der Waals surface area contributed by atoms with Crippen LogP contribution in [0, 0.1) is 0 Å². The Kier molecular flexibility index (Phi) is 2.27. The van der Waals surface area contributed by atoms with Gasteiger partial charge in [-0.15, -0.1) is 0 Å². The first-order valence-electron chi connectivity index (χ1n) is 6.55. The fourth-order valence-corrected chi connectivity index (χ4v) is 2.72. The fourth-order valence-electron chi connectivity index (χ4n) is 2.72. The molecule has 0 fully saturated rings. The number of hydrogen-bond acceptors (Lipinski definition) is 2. The third-order valence-electron chi connectivity index (χ3n) is 3.58. The number of rotatable bonds is 1. The zero-order chi connectivity index (χ0) is 13.5. The topological polar surface area (TPSA) is 43.8 Å². The van der Waals surface area contributed by atoms with Crippen LogP contribution in [0.25, 0.3) is 27.6 Å². The number of nitrogen functional groups attached to an aromatic ring is 1. The van der Waals surface area contributed by atoms with E-state index >= 15 is 0 Å². The van der Waals surface area contributed by atoms with Crippen molar-refractivity contribution in [3.63, 3.8) is 0 Å². The minimum Gasteiger partial charge on any atom is -0.399 e. The number of para-hydroxylation sites is 1. The van der Waals surface area contributed by atoms with Gasteiger partial charge < -0.3 is 5.73 Å². The molecular weight excluding hydrogens is 246 g/mol. The molecule has 0 aliphatic heterocycles. The van der Waals surface area contributed by atoms with Crippen molar-refractivity contribution in [2.45, 2.75) is 0 Å². The summed E-state index contributed by atoms with van der Waals surface area (Å²) in [7, 11) is 0.